The molecule has 0 atom stereocenters. The van der Waals surface area contributed by atoms with E-state index in [2.05, 4.69) is 14.8 Å². The minimum atomic E-state index is -0.559. The minimum Gasteiger partial charge on any atom is -0.464 e. The molecule has 2 heterocycles. The van der Waals surface area contributed by atoms with Crippen LogP contribution in [0.1, 0.15) is 17.4 Å². The third-order valence-electron chi connectivity index (χ3n) is 2.36. The van der Waals surface area contributed by atoms with E-state index in [4.69, 9.17) is 5.73 Å². The van der Waals surface area contributed by atoms with E-state index in [1.807, 2.05) is 17.7 Å². The fraction of sp³-hybridized carbons (Fsp3) is 0.300. The summed E-state index contributed by atoms with van der Waals surface area (Å²) < 4.78 is 7.93. The first-order chi connectivity index (χ1) is 8.17. The van der Waals surface area contributed by atoms with Gasteiger partial charge in [0, 0.05) is 18.9 Å². The van der Waals surface area contributed by atoms with Gasteiger partial charge in [-0.15, -0.1) is 0 Å². The summed E-state index contributed by atoms with van der Waals surface area (Å²) in [5, 5.41) is 4.07. The summed E-state index contributed by atoms with van der Waals surface area (Å²) in [5.41, 5.74) is 6.06. The Kier molecular flexibility index (Phi) is 2.82. The second-order valence-corrected chi connectivity index (χ2v) is 3.38. The number of imidazole rings is 1. The molecule has 0 bridgehead atoms. The molecular weight excluding hydrogens is 222 g/mol. The molecular formula is C10H13N5O2. The largest absolute Gasteiger partial charge is 0.464 e. The number of hydrogen-bond donors (Lipinski definition) is 1. The number of rotatable bonds is 3. The van der Waals surface area contributed by atoms with Crippen molar-refractivity contribution in [1.29, 1.82) is 0 Å². The average molecular weight is 235 g/mol. The van der Waals surface area contributed by atoms with Crippen molar-refractivity contribution in [1.82, 2.24) is 19.3 Å². The molecule has 2 aromatic heterocycles. The molecule has 0 aliphatic rings. The highest BCUT2D eigenvalue weighted by atomic mass is 16.5. The Morgan fingerprint density at radius 2 is 2.35 bits per heavy atom. The van der Waals surface area contributed by atoms with Crippen molar-refractivity contribution in [2.24, 2.45) is 0 Å². The van der Waals surface area contributed by atoms with Crippen LogP contribution in [0.15, 0.2) is 18.6 Å². The van der Waals surface area contributed by atoms with Crippen LogP contribution in [-0.4, -0.2) is 32.4 Å². The van der Waals surface area contributed by atoms with Crippen molar-refractivity contribution in [2.45, 2.75) is 13.5 Å². The monoisotopic (exact) mass is 235 g/mol. The van der Waals surface area contributed by atoms with Gasteiger partial charge in [-0.25, -0.2) is 14.5 Å². The Hall–Kier alpha value is -2.31. The predicted molar refractivity (Wildman–Crippen MR) is 60.8 cm³/mol. The average Bonchev–Trinajstić information content (AvgIpc) is 2.93. The van der Waals surface area contributed by atoms with Gasteiger partial charge in [0.2, 0.25) is 5.95 Å². The van der Waals surface area contributed by atoms with E-state index < -0.39 is 5.97 Å². The van der Waals surface area contributed by atoms with Crippen molar-refractivity contribution in [3.8, 4) is 5.95 Å². The van der Waals surface area contributed by atoms with E-state index >= 15 is 0 Å². The zero-order valence-corrected chi connectivity index (χ0v) is 9.62. The highest BCUT2D eigenvalue weighted by Crippen LogP contribution is 2.13. The molecule has 0 spiro atoms. The van der Waals surface area contributed by atoms with Gasteiger partial charge in [-0.1, -0.05) is 0 Å². The molecule has 0 aromatic carbocycles. The van der Waals surface area contributed by atoms with Crippen molar-refractivity contribution in [3.63, 3.8) is 0 Å². The number of nitrogens with two attached hydrogens (primary N) is 1. The lowest BCUT2D eigenvalue weighted by molar-refractivity contribution is 0.0594. The number of nitrogens with zero attached hydrogens (tertiary/aromatic N) is 4. The molecule has 2 rings (SSSR count). The summed E-state index contributed by atoms with van der Waals surface area (Å²) >= 11 is 0. The van der Waals surface area contributed by atoms with E-state index in [0.29, 0.717) is 5.95 Å². The molecule has 2 aromatic rings. The van der Waals surface area contributed by atoms with E-state index in [1.165, 1.54) is 11.8 Å². The van der Waals surface area contributed by atoms with Gasteiger partial charge in [-0.3, -0.25) is 0 Å². The quantitative estimate of drug-likeness (QED) is 0.781. The van der Waals surface area contributed by atoms with Crippen LogP contribution < -0.4 is 5.73 Å². The summed E-state index contributed by atoms with van der Waals surface area (Å²) in [5.74, 6) is 0.0465. The third-order valence-corrected chi connectivity index (χ3v) is 2.36. The summed E-state index contributed by atoms with van der Waals surface area (Å²) in [6.07, 6.45) is 5.03. The Labute approximate surface area is 97.8 Å². The van der Waals surface area contributed by atoms with Crippen LogP contribution in [0, 0.1) is 0 Å². The Morgan fingerprint density at radius 1 is 1.59 bits per heavy atom. The smallest absolute Gasteiger partial charge is 0.360 e. The topological polar surface area (TPSA) is 88.0 Å². The normalized spacial score (nSPS) is 10.5. The Morgan fingerprint density at radius 3 is 3.00 bits per heavy atom. The van der Waals surface area contributed by atoms with Gasteiger partial charge in [0.1, 0.15) is 0 Å². The molecule has 2 N–H and O–H groups in total. The van der Waals surface area contributed by atoms with Crippen molar-refractivity contribution in [3.05, 3.63) is 24.3 Å². The number of anilines is 1. The molecule has 0 aliphatic heterocycles. The molecule has 0 radical (unpaired) electrons. The molecule has 0 fully saturated rings. The lowest BCUT2D eigenvalue weighted by Crippen LogP contribution is -2.08. The van der Waals surface area contributed by atoms with Gasteiger partial charge in [-0.2, -0.15) is 5.10 Å². The molecule has 0 unspecified atom stereocenters. The van der Waals surface area contributed by atoms with Gasteiger partial charge in [0.25, 0.3) is 0 Å². The Balaban J connectivity index is 2.44. The zero-order chi connectivity index (χ0) is 12.4. The van der Waals surface area contributed by atoms with E-state index in [9.17, 15) is 4.79 Å². The first-order valence-electron chi connectivity index (χ1n) is 5.12. The van der Waals surface area contributed by atoms with Crippen molar-refractivity contribution >= 4 is 11.7 Å². The maximum atomic E-state index is 11.4. The molecule has 17 heavy (non-hydrogen) atoms. The number of aromatic nitrogens is 4. The van der Waals surface area contributed by atoms with E-state index in [1.54, 1.807) is 12.4 Å². The summed E-state index contributed by atoms with van der Waals surface area (Å²) in [6.45, 7) is 2.74. The van der Waals surface area contributed by atoms with Gasteiger partial charge in [-0.05, 0) is 6.92 Å². The second-order valence-electron chi connectivity index (χ2n) is 3.38. The van der Waals surface area contributed by atoms with Crippen LogP contribution >= 0.6 is 0 Å². The molecule has 0 saturated carbocycles. The number of methoxy groups -OCH3 is 1. The number of carbonyl (C=O) groups excluding carboxylic acids is 1. The molecule has 90 valence electrons. The molecule has 7 nitrogen and oxygen atoms in total. The van der Waals surface area contributed by atoms with Crippen LogP contribution in [0.4, 0.5) is 5.69 Å². The number of carbonyl (C=O) groups is 1. The van der Waals surface area contributed by atoms with Crippen molar-refractivity contribution < 1.29 is 9.53 Å². The van der Waals surface area contributed by atoms with Crippen LogP contribution in [-0.2, 0) is 11.3 Å². The lowest BCUT2D eigenvalue weighted by atomic mass is 10.4. The first-order valence-corrected chi connectivity index (χ1v) is 5.12. The molecule has 0 amide bonds. The minimum absolute atomic E-state index is 0.0955. The third kappa shape index (κ3) is 1.86. The van der Waals surface area contributed by atoms with Crippen LogP contribution in [0.3, 0.4) is 0 Å². The van der Waals surface area contributed by atoms with E-state index in [0.717, 1.165) is 6.54 Å². The van der Waals surface area contributed by atoms with Crippen molar-refractivity contribution in [2.75, 3.05) is 12.8 Å². The fourth-order valence-corrected chi connectivity index (χ4v) is 1.50. The fourth-order valence-electron chi connectivity index (χ4n) is 1.50. The second kappa shape index (κ2) is 4.28. The molecule has 0 aliphatic carbocycles. The van der Waals surface area contributed by atoms with Crippen LogP contribution in [0.25, 0.3) is 5.95 Å². The number of hydrogen-bond acceptors (Lipinski definition) is 5. The van der Waals surface area contributed by atoms with Crippen LogP contribution in [0.5, 0.6) is 0 Å². The summed E-state index contributed by atoms with van der Waals surface area (Å²) in [7, 11) is 1.29. The predicted octanol–water partition coefficient (Wildman–Crippen LogP) is 0.457. The Bertz CT molecular complexity index is 543. The summed E-state index contributed by atoms with van der Waals surface area (Å²) in [4.78, 5) is 15.5. The standard InChI is InChI=1S/C10H13N5O2/c1-3-14-5-4-12-10(14)15-6-7(11)8(13-15)9(16)17-2/h4-6H,3,11H2,1-2H3. The van der Waals surface area contributed by atoms with Crippen LogP contribution in [0.2, 0.25) is 0 Å². The SMILES string of the molecule is CCn1ccnc1-n1cc(N)c(C(=O)OC)n1. The highest BCUT2D eigenvalue weighted by Gasteiger charge is 2.17. The highest BCUT2D eigenvalue weighted by molar-refractivity contribution is 5.92. The van der Waals surface area contributed by atoms with Gasteiger partial charge < -0.3 is 15.0 Å². The van der Waals surface area contributed by atoms with E-state index in [-0.39, 0.29) is 11.4 Å². The summed E-state index contributed by atoms with van der Waals surface area (Å²) in [6, 6.07) is 0. The number of ether oxygens (including phenoxy) is 1. The number of nitrogen functional groups attached to an aromatic ring is 1. The number of esters is 1. The zero-order valence-electron chi connectivity index (χ0n) is 9.62. The molecule has 7 heteroatoms. The first kappa shape index (κ1) is 11.2. The maximum absolute atomic E-state index is 11.4. The van der Waals surface area contributed by atoms with Gasteiger partial charge in [0.15, 0.2) is 5.69 Å². The lowest BCUT2D eigenvalue weighted by Gasteiger charge is -2.02. The van der Waals surface area contributed by atoms with Gasteiger partial charge in [0.05, 0.1) is 19.0 Å². The molecule has 0 saturated heterocycles. The maximum Gasteiger partial charge on any atom is 0.360 e. The number of aryl methyl sites for hydroxylation is 1. The van der Waals surface area contributed by atoms with Gasteiger partial charge >= 0.3 is 5.97 Å².